The number of aliphatic hydroxyl groups excluding tert-OH is 2. The van der Waals surface area contributed by atoms with Crippen molar-refractivity contribution >= 4 is 29.5 Å². The fourth-order valence-electron chi connectivity index (χ4n) is 1.58. The Morgan fingerprint density at radius 1 is 1.50 bits per heavy atom. The number of aliphatic hydroxyl groups is 2. The quantitative estimate of drug-likeness (QED) is 0.402. The molecule has 1 fully saturated rings. The van der Waals surface area contributed by atoms with E-state index in [4.69, 9.17) is 30.9 Å². The van der Waals surface area contributed by atoms with E-state index >= 15 is 0 Å². The minimum absolute atomic E-state index is 0.0572. The van der Waals surface area contributed by atoms with Crippen LogP contribution in [0.25, 0.3) is 0 Å². The van der Waals surface area contributed by atoms with Crippen LogP contribution in [0.5, 0.6) is 0 Å². The molecule has 0 bridgehead atoms. The van der Waals surface area contributed by atoms with Gasteiger partial charge in [0.15, 0.2) is 6.10 Å². The molecular weight excluding hydrogens is 346 g/mol. The smallest absolute Gasteiger partial charge is 0.351 e. The average Bonchev–Trinajstić information content (AvgIpc) is 2.95. The molecule has 6 N–H and O–H groups in total. The number of ether oxygens (including phenoxy) is 1. The molecule has 0 aromatic carbocycles. The number of anilines is 1. The molecular formula is C12H17N3O8S. The molecule has 1 unspecified atom stereocenters. The summed E-state index contributed by atoms with van der Waals surface area (Å²) in [6.45, 7) is -0.0572. The summed E-state index contributed by atoms with van der Waals surface area (Å²) >= 11 is 1.47. The van der Waals surface area contributed by atoms with E-state index in [1.54, 1.807) is 12.3 Å². The van der Waals surface area contributed by atoms with Gasteiger partial charge in [-0.3, -0.25) is 9.36 Å². The molecule has 1 aromatic heterocycles. The molecule has 1 aliphatic heterocycles. The summed E-state index contributed by atoms with van der Waals surface area (Å²) in [7, 11) is 0. The fourth-order valence-corrected chi connectivity index (χ4v) is 2.51. The third-order valence-corrected chi connectivity index (χ3v) is 3.81. The van der Waals surface area contributed by atoms with Gasteiger partial charge in [-0.15, -0.1) is 11.8 Å². The number of aromatic nitrogens is 2. The number of nitrogens with zero attached hydrogens (tertiary/aromatic N) is 2. The van der Waals surface area contributed by atoms with E-state index < -0.39 is 30.2 Å². The zero-order valence-electron chi connectivity index (χ0n) is 12.3. The predicted octanol–water partition coefficient (Wildman–Crippen LogP) is -1.69. The molecule has 24 heavy (non-hydrogen) atoms. The summed E-state index contributed by atoms with van der Waals surface area (Å²) in [6.07, 6.45) is -1.36. The van der Waals surface area contributed by atoms with Gasteiger partial charge in [0.2, 0.25) is 0 Å². The SMILES string of the molecule is Nc1ccn([C@@H]2CS[C@H](CO)O2)c(=O)n1.O=C(O)CC(O)C(=O)O. The first-order chi connectivity index (χ1) is 11.2. The van der Waals surface area contributed by atoms with Crippen LogP contribution in [0.4, 0.5) is 5.82 Å². The van der Waals surface area contributed by atoms with E-state index in [0.717, 1.165) is 0 Å². The Kier molecular flexibility index (Phi) is 7.64. The minimum Gasteiger partial charge on any atom is -0.481 e. The van der Waals surface area contributed by atoms with Crippen LogP contribution in [0.3, 0.4) is 0 Å². The van der Waals surface area contributed by atoms with Gasteiger partial charge in [0.1, 0.15) is 17.5 Å². The zero-order chi connectivity index (χ0) is 18.3. The summed E-state index contributed by atoms with van der Waals surface area (Å²) in [5.41, 5.74) is 4.67. The van der Waals surface area contributed by atoms with Crippen molar-refractivity contribution < 1.29 is 34.8 Å². The van der Waals surface area contributed by atoms with Crippen LogP contribution in [0.15, 0.2) is 17.1 Å². The molecule has 0 saturated carbocycles. The molecule has 2 rings (SSSR count). The Hall–Kier alpha value is -2.15. The highest BCUT2D eigenvalue weighted by atomic mass is 32.2. The first kappa shape index (κ1) is 19.9. The van der Waals surface area contributed by atoms with Gasteiger partial charge in [-0.2, -0.15) is 4.98 Å². The van der Waals surface area contributed by atoms with Crippen molar-refractivity contribution in [1.82, 2.24) is 9.55 Å². The van der Waals surface area contributed by atoms with Crippen molar-refractivity contribution in [2.45, 2.75) is 24.2 Å². The molecule has 134 valence electrons. The summed E-state index contributed by atoms with van der Waals surface area (Å²) < 4.78 is 6.79. The summed E-state index contributed by atoms with van der Waals surface area (Å²) in [5, 5.41) is 33.0. The number of nitrogens with two attached hydrogens (primary N) is 1. The average molecular weight is 363 g/mol. The van der Waals surface area contributed by atoms with Gasteiger partial charge in [-0.25, -0.2) is 9.59 Å². The second-order valence-electron chi connectivity index (χ2n) is 4.53. The van der Waals surface area contributed by atoms with Crippen LogP contribution in [-0.4, -0.2) is 65.8 Å². The van der Waals surface area contributed by atoms with Gasteiger partial charge >= 0.3 is 17.6 Å². The van der Waals surface area contributed by atoms with Crippen molar-refractivity contribution in [3.8, 4) is 0 Å². The number of aliphatic carboxylic acids is 2. The van der Waals surface area contributed by atoms with Crippen LogP contribution < -0.4 is 11.4 Å². The Bertz CT molecular complexity index is 637. The van der Waals surface area contributed by atoms with Gasteiger partial charge in [0, 0.05) is 11.9 Å². The lowest BCUT2D eigenvalue weighted by Crippen LogP contribution is -2.28. The highest BCUT2D eigenvalue weighted by molar-refractivity contribution is 8.00. The van der Waals surface area contributed by atoms with Gasteiger partial charge in [-0.1, -0.05) is 0 Å². The number of thioether (sulfide) groups is 1. The summed E-state index contributed by atoms with van der Waals surface area (Å²) in [5.74, 6) is -2.03. The Morgan fingerprint density at radius 3 is 2.58 bits per heavy atom. The molecule has 0 spiro atoms. The number of carbonyl (C=O) groups is 2. The van der Waals surface area contributed by atoms with Crippen molar-refractivity contribution in [3.05, 3.63) is 22.7 Å². The second-order valence-corrected chi connectivity index (χ2v) is 5.72. The first-order valence-corrected chi connectivity index (χ1v) is 7.64. The topological polar surface area (TPSA) is 185 Å². The van der Waals surface area contributed by atoms with Crippen LogP contribution in [-0.2, 0) is 14.3 Å². The normalized spacial score (nSPS) is 20.8. The van der Waals surface area contributed by atoms with Gasteiger partial charge in [0.05, 0.1) is 13.0 Å². The highest BCUT2D eigenvalue weighted by Crippen LogP contribution is 2.30. The van der Waals surface area contributed by atoms with Crippen LogP contribution >= 0.6 is 11.8 Å². The number of hydrogen-bond donors (Lipinski definition) is 5. The number of rotatable bonds is 5. The van der Waals surface area contributed by atoms with Crippen LogP contribution in [0.2, 0.25) is 0 Å². The Balaban J connectivity index is 0.000000277. The Morgan fingerprint density at radius 2 is 2.17 bits per heavy atom. The van der Waals surface area contributed by atoms with Crippen molar-refractivity contribution in [2.24, 2.45) is 0 Å². The molecule has 0 radical (unpaired) electrons. The fraction of sp³-hybridized carbons (Fsp3) is 0.500. The van der Waals surface area contributed by atoms with E-state index in [9.17, 15) is 14.4 Å². The van der Waals surface area contributed by atoms with E-state index in [1.165, 1.54) is 16.3 Å². The van der Waals surface area contributed by atoms with Crippen LogP contribution in [0, 0.1) is 0 Å². The third kappa shape index (κ3) is 6.16. The van der Waals surface area contributed by atoms with E-state index in [-0.39, 0.29) is 24.1 Å². The number of carboxylic acid groups (broad SMARTS) is 2. The van der Waals surface area contributed by atoms with Crippen molar-refractivity contribution in [1.29, 1.82) is 0 Å². The highest BCUT2D eigenvalue weighted by Gasteiger charge is 2.27. The second kappa shape index (κ2) is 9.22. The van der Waals surface area contributed by atoms with Gasteiger partial charge < -0.3 is 30.9 Å². The lowest BCUT2D eigenvalue weighted by atomic mass is 10.3. The van der Waals surface area contributed by atoms with E-state index in [0.29, 0.717) is 5.75 Å². The van der Waals surface area contributed by atoms with Crippen molar-refractivity contribution in [3.63, 3.8) is 0 Å². The third-order valence-electron chi connectivity index (χ3n) is 2.70. The predicted molar refractivity (Wildman–Crippen MR) is 82.3 cm³/mol. The monoisotopic (exact) mass is 363 g/mol. The largest absolute Gasteiger partial charge is 0.481 e. The van der Waals surface area contributed by atoms with E-state index in [1.807, 2.05) is 0 Å². The first-order valence-electron chi connectivity index (χ1n) is 6.59. The lowest BCUT2D eigenvalue weighted by Gasteiger charge is -2.13. The molecule has 2 heterocycles. The molecule has 0 aliphatic carbocycles. The molecule has 12 heteroatoms. The maximum atomic E-state index is 11.4. The molecule has 1 aliphatic rings. The maximum Gasteiger partial charge on any atom is 0.351 e. The molecule has 3 atom stereocenters. The van der Waals surface area contributed by atoms with Gasteiger partial charge in [-0.05, 0) is 6.07 Å². The number of hydrogen-bond acceptors (Lipinski definition) is 9. The van der Waals surface area contributed by atoms with Crippen LogP contribution in [0.1, 0.15) is 12.6 Å². The zero-order valence-corrected chi connectivity index (χ0v) is 13.1. The van der Waals surface area contributed by atoms with Gasteiger partial charge in [0.25, 0.3) is 0 Å². The summed E-state index contributed by atoms with van der Waals surface area (Å²) in [6, 6.07) is 1.54. The van der Waals surface area contributed by atoms with E-state index in [2.05, 4.69) is 4.98 Å². The summed E-state index contributed by atoms with van der Waals surface area (Å²) in [4.78, 5) is 34.5. The number of carboxylic acids is 2. The maximum absolute atomic E-state index is 11.4. The Labute approximate surface area is 139 Å². The number of nitrogen functional groups attached to an aromatic ring is 1. The molecule has 11 nitrogen and oxygen atoms in total. The van der Waals surface area contributed by atoms with Crippen molar-refractivity contribution in [2.75, 3.05) is 18.1 Å². The molecule has 0 amide bonds. The molecule has 1 saturated heterocycles. The minimum atomic E-state index is -1.79. The molecule has 1 aromatic rings. The lowest BCUT2D eigenvalue weighted by molar-refractivity contribution is -0.152. The standard InChI is InChI=1S/C8H11N3O3S.C4H6O5/c9-5-1-2-11(8(13)10-5)6-4-15-7(3-12)14-6;5-2(4(8)9)1-3(6)7/h1-2,6-7,12H,3-4H2,(H2,9,10,13);2,5H,1H2,(H,6,7)(H,8,9)/t6-,7+;/m0./s1.